The Morgan fingerprint density at radius 1 is 0.611 bits per heavy atom. The summed E-state index contributed by atoms with van der Waals surface area (Å²) in [5.74, 6) is -1.35. The largest absolute Gasteiger partial charge is 0.472 e. The molecule has 0 aromatic heterocycles. The van der Waals surface area contributed by atoms with E-state index in [1.54, 1.807) is 12.2 Å². The number of hydrogen-bond donors (Lipinski definition) is 3. The van der Waals surface area contributed by atoms with E-state index in [9.17, 15) is 28.9 Å². The summed E-state index contributed by atoms with van der Waals surface area (Å²) in [6, 6.07) is 0. The summed E-state index contributed by atoms with van der Waals surface area (Å²) in [7, 11) is -4.68. The molecule has 0 aliphatic carbocycles. The lowest BCUT2D eigenvalue weighted by Gasteiger charge is -2.20. The number of phosphoric acid groups is 1. The molecule has 0 aliphatic heterocycles. The molecule has 0 radical (unpaired) electrons. The summed E-state index contributed by atoms with van der Waals surface area (Å²) in [5.41, 5.74) is 0. The van der Waals surface area contributed by atoms with Crippen molar-refractivity contribution in [1.29, 1.82) is 0 Å². The van der Waals surface area contributed by atoms with Crippen molar-refractivity contribution in [3.63, 3.8) is 0 Å². The molecule has 12 heteroatoms. The molecule has 0 aromatic carbocycles. The number of esters is 2. The van der Waals surface area contributed by atoms with Crippen molar-refractivity contribution in [3.05, 3.63) is 60.8 Å². The molecule has 3 N–H and O–H groups in total. The van der Waals surface area contributed by atoms with E-state index in [0.29, 0.717) is 6.42 Å². The van der Waals surface area contributed by atoms with Crippen molar-refractivity contribution < 1.29 is 52.6 Å². The molecule has 0 spiro atoms. The van der Waals surface area contributed by atoms with Gasteiger partial charge in [-0.25, -0.2) is 4.57 Å². The van der Waals surface area contributed by atoms with E-state index in [1.165, 1.54) is 51.0 Å². The van der Waals surface area contributed by atoms with Crippen molar-refractivity contribution >= 4 is 25.5 Å². The highest BCUT2D eigenvalue weighted by molar-refractivity contribution is 7.47. The van der Waals surface area contributed by atoms with Crippen LogP contribution in [0.15, 0.2) is 60.8 Å². The van der Waals surface area contributed by atoms with Gasteiger partial charge in [0.2, 0.25) is 0 Å². The normalized spacial score (nSPS) is 14.5. The third-order valence-electron chi connectivity index (χ3n) is 8.12. The number of ether oxygens (including phenoxy) is 2. The van der Waals surface area contributed by atoms with Crippen LogP contribution in [0.25, 0.3) is 0 Å². The number of aliphatic hydroxyl groups is 2. The lowest BCUT2D eigenvalue weighted by molar-refractivity contribution is -0.161. The average molecular weight is 783 g/mol. The molecule has 54 heavy (non-hydrogen) atoms. The van der Waals surface area contributed by atoms with Gasteiger partial charge in [-0.15, -0.1) is 0 Å². The Kier molecular flexibility index (Phi) is 35.4. The first-order valence-electron chi connectivity index (χ1n) is 20.2. The minimum atomic E-state index is -4.68. The molecular formula is C42H71O11P. The van der Waals surface area contributed by atoms with E-state index in [-0.39, 0.29) is 31.5 Å². The second kappa shape index (κ2) is 37.3. The van der Waals surface area contributed by atoms with Gasteiger partial charge in [-0.3, -0.25) is 23.4 Å². The first-order valence-corrected chi connectivity index (χ1v) is 21.7. The van der Waals surface area contributed by atoms with E-state index in [4.69, 9.17) is 19.1 Å². The van der Waals surface area contributed by atoms with Crippen molar-refractivity contribution in [3.8, 4) is 0 Å². The van der Waals surface area contributed by atoms with Crippen LogP contribution in [0, 0.1) is 0 Å². The number of unbranched alkanes of at least 4 members (excludes halogenated alkanes) is 12. The number of ketones is 1. The lowest BCUT2D eigenvalue weighted by Crippen LogP contribution is -2.30. The number of hydrogen-bond acceptors (Lipinski definition) is 10. The van der Waals surface area contributed by atoms with Gasteiger partial charge < -0.3 is 24.6 Å². The molecule has 0 saturated carbocycles. The Morgan fingerprint density at radius 3 is 1.83 bits per heavy atom. The molecule has 0 saturated heterocycles. The van der Waals surface area contributed by atoms with Gasteiger partial charge in [0.1, 0.15) is 12.7 Å². The monoisotopic (exact) mass is 782 g/mol. The quantitative estimate of drug-likeness (QED) is 0.0137. The van der Waals surface area contributed by atoms with E-state index in [2.05, 4.69) is 54.8 Å². The van der Waals surface area contributed by atoms with Gasteiger partial charge in [0.05, 0.1) is 19.8 Å². The van der Waals surface area contributed by atoms with Crippen molar-refractivity contribution in [2.45, 2.75) is 161 Å². The Hall–Kier alpha value is -2.66. The third-order valence-corrected chi connectivity index (χ3v) is 9.07. The number of rotatable bonds is 37. The second-order valence-corrected chi connectivity index (χ2v) is 14.8. The zero-order valence-corrected chi connectivity index (χ0v) is 34.1. The Labute approximate surface area is 325 Å². The lowest BCUT2D eigenvalue weighted by atomic mass is 10.1. The van der Waals surface area contributed by atoms with Crippen LogP contribution in [0.4, 0.5) is 0 Å². The molecule has 0 aromatic rings. The third kappa shape index (κ3) is 36.3. The highest BCUT2D eigenvalue weighted by Crippen LogP contribution is 2.43. The molecule has 0 rings (SSSR count). The van der Waals surface area contributed by atoms with Gasteiger partial charge in [0.15, 0.2) is 11.9 Å². The van der Waals surface area contributed by atoms with Crippen LogP contribution in [0.5, 0.6) is 0 Å². The maximum atomic E-state index is 12.6. The number of aliphatic hydroxyl groups excluding tert-OH is 2. The van der Waals surface area contributed by atoms with Crippen LogP contribution in [0.3, 0.4) is 0 Å². The SMILES string of the molecule is CCCCC/C=C\C/C=C\C/C=C\C=C\C(=O)CCCC(=O)O[C@H](COC(=O)CCCCCCC/C=C\CCCCCC)COP(=O)(O)OC[C@@H](O)CO. The fraction of sp³-hybridized carbons (Fsp3) is 0.690. The minimum absolute atomic E-state index is 0.109. The predicted molar refractivity (Wildman–Crippen MR) is 215 cm³/mol. The van der Waals surface area contributed by atoms with Crippen LogP contribution in [0.1, 0.15) is 149 Å². The molecule has 0 fully saturated rings. The predicted octanol–water partition coefficient (Wildman–Crippen LogP) is 9.51. The van der Waals surface area contributed by atoms with Crippen LogP contribution in [-0.2, 0) is 37.5 Å². The number of carbonyl (C=O) groups excluding carboxylic acids is 3. The maximum absolute atomic E-state index is 12.6. The Balaban J connectivity index is 4.58. The van der Waals surface area contributed by atoms with Gasteiger partial charge in [-0.05, 0) is 70.3 Å². The maximum Gasteiger partial charge on any atom is 0.472 e. The van der Waals surface area contributed by atoms with Crippen LogP contribution < -0.4 is 0 Å². The van der Waals surface area contributed by atoms with Crippen molar-refractivity contribution in [2.75, 3.05) is 26.4 Å². The molecule has 310 valence electrons. The highest BCUT2D eigenvalue weighted by Gasteiger charge is 2.27. The van der Waals surface area contributed by atoms with Crippen LogP contribution >= 0.6 is 7.82 Å². The van der Waals surface area contributed by atoms with Crippen LogP contribution in [0.2, 0.25) is 0 Å². The van der Waals surface area contributed by atoms with E-state index < -0.39 is 58.4 Å². The topological polar surface area (TPSA) is 166 Å². The van der Waals surface area contributed by atoms with Gasteiger partial charge >= 0.3 is 19.8 Å². The molecule has 11 nitrogen and oxygen atoms in total. The fourth-order valence-corrected chi connectivity index (χ4v) is 5.73. The zero-order chi connectivity index (χ0) is 40.0. The standard InChI is InChI=1S/C42H71O11P/c1-3-5-7-9-11-13-15-17-19-21-23-25-27-30-38(44)31-29-33-42(47)53-40(37-52-54(48,49)51-35-39(45)34-43)36-50-41(46)32-28-26-24-22-20-18-16-14-12-10-8-6-4-2/h11,13-14,16-17,19,23,25,27,30,39-40,43,45H,3-10,12,15,18,20-22,24,26,28-29,31-37H2,1-2H3,(H,48,49)/b13-11-,16-14-,19-17-,25-23-,30-27+/t39-,40+/m0/s1. The zero-order valence-electron chi connectivity index (χ0n) is 33.2. The van der Waals surface area contributed by atoms with Crippen molar-refractivity contribution in [1.82, 2.24) is 0 Å². The molecule has 1 unspecified atom stereocenters. The number of carbonyl (C=O) groups is 3. The summed E-state index contributed by atoms with van der Waals surface area (Å²) in [5, 5.41) is 18.3. The minimum Gasteiger partial charge on any atom is -0.462 e. The molecule has 0 heterocycles. The van der Waals surface area contributed by atoms with Gasteiger partial charge in [-0.2, -0.15) is 0 Å². The molecule has 0 amide bonds. The summed E-state index contributed by atoms with van der Waals surface area (Å²) < 4.78 is 32.4. The van der Waals surface area contributed by atoms with E-state index in [0.717, 1.165) is 57.8 Å². The highest BCUT2D eigenvalue weighted by atomic mass is 31.2. The fourth-order valence-electron chi connectivity index (χ4n) is 4.94. The van der Waals surface area contributed by atoms with Gasteiger partial charge in [0.25, 0.3) is 0 Å². The van der Waals surface area contributed by atoms with Crippen molar-refractivity contribution in [2.24, 2.45) is 0 Å². The smallest absolute Gasteiger partial charge is 0.462 e. The Morgan fingerprint density at radius 2 is 1.15 bits per heavy atom. The van der Waals surface area contributed by atoms with Crippen LogP contribution in [-0.4, -0.2) is 71.5 Å². The summed E-state index contributed by atoms with van der Waals surface area (Å²) in [6.07, 6.45) is 36.2. The first-order chi connectivity index (χ1) is 26.1. The summed E-state index contributed by atoms with van der Waals surface area (Å²) >= 11 is 0. The molecule has 3 atom stereocenters. The van der Waals surface area contributed by atoms with E-state index in [1.807, 2.05) is 6.08 Å². The Bertz CT molecular complexity index is 1150. The van der Waals surface area contributed by atoms with E-state index >= 15 is 0 Å². The summed E-state index contributed by atoms with van der Waals surface area (Å²) in [4.78, 5) is 47.1. The molecule has 0 bridgehead atoms. The number of allylic oxidation sites excluding steroid dienone is 10. The average Bonchev–Trinajstić information content (AvgIpc) is 3.15. The molecule has 0 aliphatic rings. The first kappa shape index (κ1) is 51.3. The number of phosphoric ester groups is 1. The van der Waals surface area contributed by atoms with Gasteiger partial charge in [0, 0.05) is 19.3 Å². The summed E-state index contributed by atoms with van der Waals surface area (Å²) in [6.45, 7) is 2.02. The van der Waals surface area contributed by atoms with Gasteiger partial charge in [-0.1, -0.05) is 120 Å². The second-order valence-electron chi connectivity index (χ2n) is 13.3. The molecular weight excluding hydrogens is 711 g/mol.